The molecule has 4 heteroatoms. The Labute approximate surface area is 106 Å². The lowest BCUT2D eigenvalue weighted by atomic mass is 10.2. The summed E-state index contributed by atoms with van der Waals surface area (Å²) in [7, 11) is 1.85. The summed E-state index contributed by atoms with van der Waals surface area (Å²) in [6.45, 7) is 4.75. The zero-order chi connectivity index (χ0) is 12.4. The molecule has 1 heterocycles. The molecule has 0 atom stereocenters. The van der Waals surface area contributed by atoms with Gasteiger partial charge in [0.2, 0.25) is 0 Å². The fourth-order valence-electron chi connectivity index (χ4n) is 1.83. The second-order valence-electron chi connectivity index (χ2n) is 4.15. The van der Waals surface area contributed by atoms with Crippen LogP contribution in [0.15, 0.2) is 24.3 Å². The van der Waals surface area contributed by atoms with Gasteiger partial charge >= 0.3 is 0 Å². The van der Waals surface area contributed by atoms with Crippen LogP contribution in [0.25, 0.3) is 0 Å². The molecule has 0 spiro atoms. The van der Waals surface area contributed by atoms with Crippen LogP contribution in [0.5, 0.6) is 0 Å². The Kier molecular flexibility index (Phi) is 3.38. The van der Waals surface area contributed by atoms with Crippen molar-refractivity contribution in [3.63, 3.8) is 0 Å². The van der Waals surface area contributed by atoms with Gasteiger partial charge in [-0.05, 0) is 25.5 Å². The van der Waals surface area contributed by atoms with Gasteiger partial charge in [0.05, 0.1) is 5.69 Å². The highest BCUT2D eigenvalue weighted by atomic mass is 35.5. The highest BCUT2D eigenvalue weighted by Gasteiger charge is 2.10. The van der Waals surface area contributed by atoms with Crippen LogP contribution in [-0.2, 0) is 13.6 Å². The molecule has 0 aliphatic carbocycles. The molecule has 90 valence electrons. The maximum Gasteiger partial charge on any atom is 0.131 e. The number of hydrogen-bond acceptors (Lipinski definition) is 2. The summed E-state index contributed by atoms with van der Waals surface area (Å²) in [5, 5.41) is 8.37. The number of nitrogens with zero attached hydrogens (tertiary/aromatic N) is 2. The van der Waals surface area contributed by atoms with Crippen LogP contribution in [0.2, 0.25) is 5.15 Å². The third kappa shape index (κ3) is 2.44. The first kappa shape index (κ1) is 12.0. The summed E-state index contributed by atoms with van der Waals surface area (Å²) >= 11 is 6.18. The molecule has 0 aliphatic heterocycles. The molecule has 0 fully saturated rings. The summed E-state index contributed by atoms with van der Waals surface area (Å²) in [6, 6.07) is 8.20. The van der Waals surface area contributed by atoms with Crippen molar-refractivity contribution in [3.05, 3.63) is 46.2 Å². The Balaban J connectivity index is 2.15. The molecule has 0 amide bonds. The third-order valence-corrected chi connectivity index (χ3v) is 3.34. The van der Waals surface area contributed by atoms with Gasteiger partial charge in [-0.1, -0.05) is 29.8 Å². The van der Waals surface area contributed by atoms with Gasteiger partial charge in [0.1, 0.15) is 5.15 Å². The second kappa shape index (κ2) is 4.80. The number of aryl methyl sites for hydroxylation is 3. The quantitative estimate of drug-likeness (QED) is 0.905. The molecular weight excluding hydrogens is 234 g/mol. The summed E-state index contributed by atoms with van der Waals surface area (Å²) < 4.78 is 1.70. The van der Waals surface area contributed by atoms with Crippen LogP contribution in [0.1, 0.15) is 16.8 Å². The van der Waals surface area contributed by atoms with Crippen LogP contribution in [0.4, 0.5) is 5.69 Å². The Morgan fingerprint density at radius 3 is 2.59 bits per heavy atom. The highest BCUT2D eigenvalue weighted by Crippen LogP contribution is 2.21. The number of aromatic nitrogens is 2. The van der Waals surface area contributed by atoms with E-state index in [9.17, 15) is 0 Å². The third-order valence-electron chi connectivity index (χ3n) is 2.87. The second-order valence-corrected chi connectivity index (χ2v) is 4.50. The number of para-hydroxylation sites is 1. The van der Waals surface area contributed by atoms with E-state index < -0.39 is 0 Å². The molecular formula is C13H16ClN3. The van der Waals surface area contributed by atoms with Crippen molar-refractivity contribution in [2.24, 2.45) is 7.05 Å². The minimum absolute atomic E-state index is 0.698. The molecule has 0 saturated carbocycles. The monoisotopic (exact) mass is 249 g/mol. The molecule has 2 rings (SSSR count). The van der Waals surface area contributed by atoms with Crippen molar-refractivity contribution in [1.82, 2.24) is 9.78 Å². The van der Waals surface area contributed by atoms with Gasteiger partial charge < -0.3 is 5.32 Å². The zero-order valence-electron chi connectivity index (χ0n) is 10.3. The van der Waals surface area contributed by atoms with Crippen LogP contribution < -0.4 is 5.32 Å². The van der Waals surface area contributed by atoms with Crippen molar-refractivity contribution < 1.29 is 0 Å². The van der Waals surface area contributed by atoms with E-state index in [1.54, 1.807) is 4.68 Å². The smallest absolute Gasteiger partial charge is 0.131 e. The minimum Gasteiger partial charge on any atom is -0.381 e. The largest absolute Gasteiger partial charge is 0.381 e. The van der Waals surface area contributed by atoms with Crippen LogP contribution in [0.3, 0.4) is 0 Å². The Hall–Kier alpha value is -1.48. The van der Waals surface area contributed by atoms with Crippen LogP contribution in [0, 0.1) is 13.8 Å². The van der Waals surface area contributed by atoms with Crippen LogP contribution in [-0.4, -0.2) is 9.78 Å². The van der Waals surface area contributed by atoms with E-state index in [1.165, 1.54) is 5.56 Å². The number of halogens is 1. The summed E-state index contributed by atoms with van der Waals surface area (Å²) in [5.74, 6) is 0. The molecule has 0 radical (unpaired) electrons. The number of anilines is 1. The molecule has 17 heavy (non-hydrogen) atoms. The van der Waals surface area contributed by atoms with Gasteiger partial charge in [0, 0.05) is 24.8 Å². The summed E-state index contributed by atoms with van der Waals surface area (Å²) in [4.78, 5) is 0. The summed E-state index contributed by atoms with van der Waals surface area (Å²) in [5.41, 5.74) is 4.38. The molecule has 0 bridgehead atoms. The van der Waals surface area contributed by atoms with Crippen molar-refractivity contribution in [1.29, 1.82) is 0 Å². The van der Waals surface area contributed by atoms with Crippen molar-refractivity contribution in [2.75, 3.05) is 5.32 Å². The van der Waals surface area contributed by atoms with E-state index in [0.29, 0.717) is 11.7 Å². The topological polar surface area (TPSA) is 29.9 Å². The minimum atomic E-state index is 0.698. The number of hydrogen-bond donors (Lipinski definition) is 1. The maximum atomic E-state index is 6.18. The molecule has 1 aromatic carbocycles. The Morgan fingerprint density at radius 2 is 2.00 bits per heavy atom. The lowest BCUT2D eigenvalue weighted by molar-refractivity contribution is 0.757. The lowest BCUT2D eigenvalue weighted by Crippen LogP contribution is -2.02. The van der Waals surface area contributed by atoms with E-state index in [1.807, 2.05) is 26.1 Å². The van der Waals surface area contributed by atoms with Crippen molar-refractivity contribution in [3.8, 4) is 0 Å². The van der Waals surface area contributed by atoms with Crippen molar-refractivity contribution >= 4 is 17.3 Å². The van der Waals surface area contributed by atoms with Gasteiger partial charge in [-0.15, -0.1) is 0 Å². The van der Waals surface area contributed by atoms with Gasteiger partial charge in [0.15, 0.2) is 0 Å². The standard InChI is InChI=1S/C13H16ClN3/c1-9-6-4-5-7-12(9)15-8-11-10(2)16-17(3)13(11)14/h4-7,15H,8H2,1-3H3. The molecule has 1 N–H and O–H groups in total. The van der Waals surface area contributed by atoms with E-state index in [-0.39, 0.29) is 0 Å². The first-order chi connectivity index (χ1) is 8.09. The Bertz CT molecular complexity index is 531. The lowest BCUT2D eigenvalue weighted by Gasteiger charge is -2.08. The van der Waals surface area contributed by atoms with E-state index >= 15 is 0 Å². The van der Waals surface area contributed by atoms with Crippen molar-refractivity contribution in [2.45, 2.75) is 20.4 Å². The van der Waals surface area contributed by atoms with E-state index in [4.69, 9.17) is 11.6 Å². The number of rotatable bonds is 3. The van der Waals surface area contributed by atoms with Gasteiger partial charge in [0.25, 0.3) is 0 Å². The average Bonchev–Trinajstić information content (AvgIpc) is 2.53. The first-order valence-corrected chi connectivity index (χ1v) is 5.95. The maximum absolute atomic E-state index is 6.18. The Morgan fingerprint density at radius 1 is 1.29 bits per heavy atom. The fraction of sp³-hybridized carbons (Fsp3) is 0.308. The number of nitrogens with one attached hydrogen (secondary N) is 1. The van der Waals surface area contributed by atoms with E-state index in [2.05, 4.69) is 29.5 Å². The molecule has 0 unspecified atom stereocenters. The van der Waals surface area contributed by atoms with E-state index in [0.717, 1.165) is 16.9 Å². The van der Waals surface area contributed by atoms with Gasteiger partial charge in [-0.25, -0.2) is 0 Å². The number of benzene rings is 1. The molecule has 0 saturated heterocycles. The summed E-state index contributed by atoms with van der Waals surface area (Å²) in [6.07, 6.45) is 0. The fourth-order valence-corrected chi connectivity index (χ4v) is 2.07. The molecule has 3 nitrogen and oxygen atoms in total. The van der Waals surface area contributed by atoms with Gasteiger partial charge in [-0.3, -0.25) is 4.68 Å². The highest BCUT2D eigenvalue weighted by molar-refractivity contribution is 6.30. The zero-order valence-corrected chi connectivity index (χ0v) is 11.0. The predicted molar refractivity (Wildman–Crippen MR) is 71.5 cm³/mol. The molecule has 0 aliphatic rings. The normalized spacial score (nSPS) is 10.6. The van der Waals surface area contributed by atoms with Crippen LogP contribution >= 0.6 is 11.6 Å². The average molecular weight is 250 g/mol. The SMILES string of the molecule is Cc1ccccc1NCc1c(C)nn(C)c1Cl. The molecule has 2 aromatic rings. The predicted octanol–water partition coefficient (Wildman–Crippen LogP) is 3.30. The first-order valence-electron chi connectivity index (χ1n) is 5.57. The van der Waals surface area contributed by atoms with Gasteiger partial charge in [-0.2, -0.15) is 5.10 Å². The molecule has 1 aromatic heterocycles.